The number of aromatic nitrogens is 1. The van der Waals surface area contributed by atoms with E-state index in [0.29, 0.717) is 6.61 Å². The summed E-state index contributed by atoms with van der Waals surface area (Å²) in [5, 5.41) is 9.28. The van der Waals surface area contributed by atoms with E-state index in [1.807, 2.05) is 19.0 Å². The van der Waals surface area contributed by atoms with Crippen molar-refractivity contribution in [3.8, 4) is 5.75 Å². The molecule has 0 amide bonds. The molecule has 1 aromatic heterocycles. The molecule has 1 aromatic rings. The predicted molar refractivity (Wildman–Crippen MR) is 80.9 cm³/mol. The normalized spacial score (nSPS) is 12.7. The third kappa shape index (κ3) is 4.90. The van der Waals surface area contributed by atoms with Gasteiger partial charge < -0.3 is 14.7 Å². The SMILES string of the molecule is CC(C)C(C(=O)O)n1cccc(OCCCN(C)C)c1=O. The molecule has 1 rings (SSSR count). The maximum Gasteiger partial charge on any atom is 0.327 e. The van der Waals surface area contributed by atoms with E-state index in [4.69, 9.17) is 4.74 Å². The smallest absolute Gasteiger partial charge is 0.327 e. The lowest BCUT2D eigenvalue weighted by molar-refractivity contribution is -0.142. The zero-order chi connectivity index (χ0) is 16.0. The summed E-state index contributed by atoms with van der Waals surface area (Å²) in [6.07, 6.45) is 2.29. The molecule has 0 aliphatic heterocycles. The first-order chi connectivity index (χ1) is 9.84. The molecular weight excluding hydrogens is 272 g/mol. The maximum absolute atomic E-state index is 12.3. The van der Waals surface area contributed by atoms with Crippen LogP contribution in [0.4, 0.5) is 0 Å². The number of hydrogen-bond donors (Lipinski definition) is 1. The van der Waals surface area contributed by atoms with E-state index in [2.05, 4.69) is 0 Å². The van der Waals surface area contributed by atoms with E-state index in [-0.39, 0.29) is 11.7 Å². The number of rotatable bonds is 8. The molecule has 6 heteroatoms. The number of carboxylic acids is 1. The summed E-state index contributed by atoms with van der Waals surface area (Å²) < 4.78 is 6.71. The van der Waals surface area contributed by atoms with Gasteiger partial charge in [0.2, 0.25) is 0 Å². The average Bonchev–Trinajstić information content (AvgIpc) is 2.37. The van der Waals surface area contributed by atoms with E-state index in [9.17, 15) is 14.7 Å². The minimum Gasteiger partial charge on any atom is -0.488 e. The Bertz CT molecular complexity index is 523. The van der Waals surface area contributed by atoms with Crippen LogP contribution in [0.5, 0.6) is 5.75 Å². The van der Waals surface area contributed by atoms with Gasteiger partial charge in [0, 0.05) is 12.7 Å². The van der Waals surface area contributed by atoms with Crippen LogP contribution in [0.25, 0.3) is 0 Å². The molecule has 1 atom stereocenters. The van der Waals surface area contributed by atoms with Crippen molar-refractivity contribution in [2.24, 2.45) is 5.92 Å². The maximum atomic E-state index is 12.3. The van der Waals surface area contributed by atoms with Crippen molar-refractivity contribution < 1.29 is 14.6 Å². The molecule has 0 saturated heterocycles. The molecule has 118 valence electrons. The van der Waals surface area contributed by atoms with Gasteiger partial charge in [0.05, 0.1) is 6.61 Å². The van der Waals surface area contributed by atoms with Crippen molar-refractivity contribution in [3.63, 3.8) is 0 Å². The Labute approximate surface area is 125 Å². The van der Waals surface area contributed by atoms with Crippen LogP contribution in [0.15, 0.2) is 23.1 Å². The highest BCUT2D eigenvalue weighted by Gasteiger charge is 2.25. The van der Waals surface area contributed by atoms with Gasteiger partial charge in [-0.15, -0.1) is 0 Å². The zero-order valence-corrected chi connectivity index (χ0v) is 13.1. The van der Waals surface area contributed by atoms with Crippen LogP contribution < -0.4 is 10.3 Å². The van der Waals surface area contributed by atoms with Crippen LogP contribution in [-0.2, 0) is 4.79 Å². The third-order valence-corrected chi connectivity index (χ3v) is 3.13. The van der Waals surface area contributed by atoms with Gasteiger partial charge in [0.1, 0.15) is 6.04 Å². The van der Waals surface area contributed by atoms with Gasteiger partial charge >= 0.3 is 5.97 Å². The lowest BCUT2D eigenvalue weighted by atomic mass is 10.0. The second-order valence-corrected chi connectivity index (χ2v) is 5.62. The Hall–Kier alpha value is -1.82. The summed E-state index contributed by atoms with van der Waals surface area (Å²) in [6.45, 7) is 4.84. The quantitative estimate of drug-likeness (QED) is 0.735. The second-order valence-electron chi connectivity index (χ2n) is 5.62. The van der Waals surface area contributed by atoms with Crippen molar-refractivity contribution in [3.05, 3.63) is 28.7 Å². The first kappa shape index (κ1) is 17.2. The molecule has 0 spiro atoms. The number of ether oxygens (including phenoxy) is 1. The molecule has 0 fully saturated rings. The minimum absolute atomic E-state index is 0.191. The van der Waals surface area contributed by atoms with E-state index >= 15 is 0 Å². The average molecular weight is 296 g/mol. The molecule has 0 aliphatic rings. The monoisotopic (exact) mass is 296 g/mol. The van der Waals surface area contributed by atoms with Crippen molar-refractivity contribution in [2.75, 3.05) is 27.2 Å². The van der Waals surface area contributed by atoms with E-state index in [1.54, 1.807) is 26.0 Å². The molecule has 0 aliphatic carbocycles. The van der Waals surface area contributed by atoms with Crippen molar-refractivity contribution >= 4 is 5.97 Å². The summed E-state index contributed by atoms with van der Waals surface area (Å²) in [7, 11) is 3.94. The Kier molecular flexibility index (Phi) is 6.42. The molecule has 0 radical (unpaired) electrons. The summed E-state index contributed by atoms with van der Waals surface area (Å²) >= 11 is 0. The van der Waals surface area contributed by atoms with Gasteiger partial charge in [-0.3, -0.25) is 9.36 Å². The summed E-state index contributed by atoms with van der Waals surface area (Å²) in [5.41, 5.74) is -0.400. The van der Waals surface area contributed by atoms with Crippen LogP contribution >= 0.6 is 0 Å². The molecule has 21 heavy (non-hydrogen) atoms. The van der Waals surface area contributed by atoms with Crippen LogP contribution in [-0.4, -0.2) is 47.8 Å². The molecule has 0 aromatic carbocycles. The van der Waals surface area contributed by atoms with Gasteiger partial charge in [-0.2, -0.15) is 0 Å². The Morgan fingerprint density at radius 3 is 2.62 bits per heavy atom. The summed E-state index contributed by atoms with van der Waals surface area (Å²) in [6, 6.07) is 2.33. The Balaban J connectivity index is 2.88. The number of carbonyl (C=O) groups is 1. The van der Waals surface area contributed by atoms with Gasteiger partial charge in [0.25, 0.3) is 5.56 Å². The molecule has 1 heterocycles. The molecule has 0 bridgehead atoms. The number of aliphatic carboxylic acids is 1. The highest BCUT2D eigenvalue weighted by atomic mass is 16.5. The Morgan fingerprint density at radius 2 is 2.10 bits per heavy atom. The van der Waals surface area contributed by atoms with Crippen molar-refractivity contribution in [1.29, 1.82) is 0 Å². The van der Waals surface area contributed by atoms with Gasteiger partial charge in [0.15, 0.2) is 5.75 Å². The minimum atomic E-state index is -1.02. The first-order valence-electron chi connectivity index (χ1n) is 7.06. The van der Waals surface area contributed by atoms with Gasteiger partial charge in [-0.1, -0.05) is 13.8 Å². The number of carboxylic acid groups (broad SMARTS) is 1. The van der Waals surface area contributed by atoms with E-state index in [0.717, 1.165) is 13.0 Å². The molecule has 1 N–H and O–H groups in total. The van der Waals surface area contributed by atoms with Crippen molar-refractivity contribution in [1.82, 2.24) is 9.47 Å². The number of pyridine rings is 1. The summed E-state index contributed by atoms with van der Waals surface area (Å²) in [4.78, 5) is 25.7. The fourth-order valence-electron chi connectivity index (χ4n) is 2.11. The molecular formula is C15H24N2O4. The first-order valence-corrected chi connectivity index (χ1v) is 7.06. The van der Waals surface area contributed by atoms with Crippen molar-refractivity contribution in [2.45, 2.75) is 26.3 Å². The Morgan fingerprint density at radius 1 is 1.43 bits per heavy atom. The predicted octanol–water partition coefficient (Wildman–Crippen LogP) is 1.46. The topological polar surface area (TPSA) is 71.8 Å². The molecule has 1 unspecified atom stereocenters. The highest BCUT2D eigenvalue weighted by Crippen LogP contribution is 2.17. The van der Waals surface area contributed by atoms with Crippen LogP contribution in [0.2, 0.25) is 0 Å². The number of hydrogen-bond acceptors (Lipinski definition) is 4. The largest absolute Gasteiger partial charge is 0.488 e. The van der Waals surface area contributed by atoms with Gasteiger partial charge in [-0.25, -0.2) is 4.79 Å². The van der Waals surface area contributed by atoms with Gasteiger partial charge in [-0.05, 0) is 38.6 Å². The molecule has 0 saturated carbocycles. The van der Waals surface area contributed by atoms with E-state index in [1.165, 1.54) is 10.8 Å². The third-order valence-electron chi connectivity index (χ3n) is 3.13. The molecule has 6 nitrogen and oxygen atoms in total. The lowest BCUT2D eigenvalue weighted by Crippen LogP contribution is -2.33. The fourth-order valence-corrected chi connectivity index (χ4v) is 2.11. The lowest BCUT2D eigenvalue weighted by Gasteiger charge is -2.19. The van der Waals surface area contributed by atoms with Crippen LogP contribution in [0.1, 0.15) is 26.3 Å². The number of nitrogens with zero attached hydrogens (tertiary/aromatic N) is 2. The zero-order valence-electron chi connectivity index (χ0n) is 13.1. The van der Waals surface area contributed by atoms with E-state index < -0.39 is 17.6 Å². The standard InChI is InChI=1S/C15H24N2O4/c1-11(2)13(15(19)20)17-9-5-7-12(14(17)18)21-10-6-8-16(3)4/h5,7,9,11,13H,6,8,10H2,1-4H3,(H,19,20). The van der Waals surface area contributed by atoms with Crippen LogP contribution in [0.3, 0.4) is 0 Å². The fraction of sp³-hybridized carbons (Fsp3) is 0.600. The van der Waals surface area contributed by atoms with Crippen LogP contribution in [0, 0.1) is 5.92 Å². The second kappa shape index (κ2) is 7.83. The highest BCUT2D eigenvalue weighted by molar-refractivity contribution is 5.72. The summed E-state index contributed by atoms with van der Waals surface area (Å²) in [5.74, 6) is -1.01.